The molecule has 96 valence electrons. The number of nitrogens with zero attached hydrogens (tertiary/aromatic N) is 2. The lowest BCUT2D eigenvalue weighted by atomic mass is 10.0. The van der Waals surface area contributed by atoms with Crippen molar-refractivity contribution >= 4 is 5.91 Å². The van der Waals surface area contributed by atoms with Crippen molar-refractivity contribution in [2.75, 3.05) is 0 Å². The Hall–Kier alpha value is -1.91. The summed E-state index contributed by atoms with van der Waals surface area (Å²) in [4.78, 5) is 18.0. The van der Waals surface area contributed by atoms with Gasteiger partial charge >= 0.3 is 0 Å². The van der Waals surface area contributed by atoms with Crippen LogP contribution in [0.5, 0.6) is 0 Å². The number of hydrogen-bond acceptors (Lipinski definition) is 3. The molecule has 0 spiro atoms. The normalized spacial score (nSPS) is 25.6. The summed E-state index contributed by atoms with van der Waals surface area (Å²) < 4.78 is 1.73. The van der Waals surface area contributed by atoms with E-state index < -0.39 is 0 Å². The molecule has 19 heavy (non-hydrogen) atoms. The molecule has 0 N–H and O–H groups in total. The van der Waals surface area contributed by atoms with Crippen LogP contribution in [0, 0.1) is 0 Å². The van der Waals surface area contributed by atoms with Crippen molar-refractivity contribution in [3.05, 3.63) is 59.9 Å². The molecule has 1 saturated heterocycles. The first-order valence-electron chi connectivity index (χ1n) is 6.52. The van der Waals surface area contributed by atoms with Gasteiger partial charge in [0.25, 0.3) is 5.91 Å². The van der Waals surface area contributed by atoms with Gasteiger partial charge in [-0.2, -0.15) is 5.06 Å². The van der Waals surface area contributed by atoms with Gasteiger partial charge in [0, 0.05) is 24.9 Å². The Labute approximate surface area is 111 Å². The monoisotopic (exact) mass is 254 g/mol. The molecule has 2 bridgehead atoms. The molecule has 2 aromatic rings. The first kappa shape index (κ1) is 11.0. The highest BCUT2D eigenvalue weighted by Crippen LogP contribution is 2.39. The van der Waals surface area contributed by atoms with E-state index in [4.69, 9.17) is 4.84 Å². The highest BCUT2D eigenvalue weighted by Gasteiger charge is 2.44. The van der Waals surface area contributed by atoms with Gasteiger partial charge < -0.3 is 0 Å². The molecule has 0 aliphatic carbocycles. The Bertz CT molecular complexity index is 620. The Morgan fingerprint density at radius 2 is 2.00 bits per heavy atom. The minimum absolute atomic E-state index is 0.0480. The second-order valence-electron chi connectivity index (χ2n) is 5.05. The van der Waals surface area contributed by atoms with Gasteiger partial charge in [-0.25, -0.2) is 0 Å². The number of rotatable bonds is 2. The molecule has 0 amide bonds. The molecule has 2 atom stereocenters. The van der Waals surface area contributed by atoms with Crippen molar-refractivity contribution < 1.29 is 9.63 Å². The van der Waals surface area contributed by atoms with Gasteiger partial charge in [-0.1, -0.05) is 30.3 Å². The molecule has 1 fully saturated rings. The number of fused-ring (bicyclic) bond motifs is 4. The van der Waals surface area contributed by atoms with Crippen molar-refractivity contribution in [2.24, 2.45) is 0 Å². The van der Waals surface area contributed by atoms with Crippen LogP contribution in [0.4, 0.5) is 0 Å². The zero-order valence-electron chi connectivity index (χ0n) is 10.4. The Kier molecular flexibility index (Phi) is 2.33. The van der Waals surface area contributed by atoms with Crippen molar-refractivity contribution in [1.29, 1.82) is 0 Å². The van der Waals surface area contributed by atoms with E-state index in [0.29, 0.717) is 6.54 Å². The average Bonchev–Trinajstić information content (AvgIpc) is 3.03. The van der Waals surface area contributed by atoms with Crippen LogP contribution in [0.1, 0.15) is 28.5 Å². The second-order valence-corrected chi connectivity index (χ2v) is 5.05. The molecule has 2 aliphatic rings. The lowest BCUT2D eigenvalue weighted by molar-refractivity contribution is -0.157. The first-order chi connectivity index (χ1) is 9.33. The van der Waals surface area contributed by atoms with E-state index >= 15 is 0 Å². The molecule has 4 nitrogen and oxygen atoms in total. The highest BCUT2D eigenvalue weighted by molar-refractivity contribution is 5.86. The van der Waals surface area contributed by atoms with Gasteiger partial charge in [-0.05, 0) is 17.7 Å². The van der Waals surface area contributed by atoms with Crippen LogP contribution >= 0.6 is 0 Å². The number of hydroxylamine groups is 2. The summed E-state index contributed by atoms with van der Waals surface area (Å²) in [7, 11) is 0. The minimum Gasteiger partial charge on any atom is -0.288 e. The third-order valence-electron chi connectivity index (χ3n) is 3.86. The fourth-order valence-corrected chi connectivity index (χ4v) is 2.95. The Balaban J connectivity index is 1.66. The van der Waals surface area contributed by atoms with Crippen molar-refractivity contribution in [3.63, 3.8) is 0 Å². The molecule has 2 aliphatic heterocycles. The van der Waals surface area contributed by atoms with Crippen LogP contribution in [0.15, 0.2) is 48.7 Å². The van der Waals surface area contributed by atoms with Gasteiger partial charge in [0.2, 0.25) is 0 Å². The standard InChI is InChI=1S/C15H14N2O2/c18-15-14-9-13(12-7-4-8-16(12)15)17(19-14)10-11-5-2-1-3-6-11/h1-8,13-14H,9-10H2. The van der Waals surface area contributed by atoms with E-state index in [9.17, 15) is 4.79 Å². The zero-order chi connectivity index (χ0) is 12.8. The third-order valence-corrected chi connectivity index (χ3v) is 3.86. The molecule has 2 unspecified atom stereocenters. The molecule has 0 saturated carbocycles. The molecule has 1 aromatic heterocycles. The Morgan fingerprint density at radius 1 is 1.16 bits per heavy atom. The lowest BCUT2D eigenvalue weighted by Crippen LogP contribution is -2.30. The van der Waals surface area contributed by atoms with E-state index in [1.807, 2.05) is 41.6 Å². The summed E-state index contributed by atoms with van der Waals surface area (Å²) in [5, 5.41) is 1.94. The number of carbonyl (C=O) groups excluding carboxylic acids is 1. The van der Waals surface area contributed by atoms with Crippen LogP contribution in [-0.4, -0.2) is 21.6 Å². The molecule has 0 radical (unpaired) electrons. The van der Waals surface area contributed by atoms with Crippen LogP contribution in [0.25, 0.3) is 0 Å². The molecule has 4 heteroatoms. The number of hydrogen-bond donors (Lipinski definition) is 0. The van der Waals surface area contributed by atoms with Crippen molar-refractivity contribution in [2.45, 2.75) is 25.1 Å². The fourth-order valence-electron chi connectivity index (χ4n) is 2.95. The topological polar surface area (TPSA) is 34.5 Å². The predicted molar refractivity (Wildman–Crippen MR) is 69.3 cm³/mol. The SMILES string of the molecule is O=C1C2CC(c3cccn31)N(Cc1ccccc1)O2. The van der Waals surface area contributed by atoms with E-state index in [1.54, 1.807) is 4.57 Å². The Morgan fingerprint density at radius 3 is 2.84 bits per heavy atom. The maximum absolute atomic E-state index is 12.1. The van der Waals surface area contributed by atoms with Gasteiger partial charge in [-0.15, -0.1) is 0 Å². The molecule has 3 heterocycles. The van der Waals surface area contributed by atoms with Crippen LogP contribution in [-0.2, 0) is 11.4 Å². The van der Waals surface area contributed by atoms with Crippen molar-refractivity contribution in [3.8, 4) is 0 Å². The maximum atomic E-state index is 12.1. The summed E-state index contributed by atoms with van der Waals surface area (Å²) in [5.41, 5.74) is 2.23. The largest absolute Gasteiger partial charge is 0.288 e. The predicted octanol–water partition coefficient (Wildman–Crippen LogP) is 2.39. The summed E-state index contributed by atoms with van der Waals surface area (Å²) in [6, 6.07) is 14.3. The smallest absolute Gasteiger partial charge is 0.262 e. The van der Waals surface area contributed by atoms with Gasteiger partial charge in [-0.3, -0.25) is 14.2 Å². The number of carbonyl (C=O) groups is 1. The highest BCUT2D eigenvalue weighted by atomic mass is 16.7. The van der Waals surface area contributed by atoms with Gasteiger partial charge in [0.05, 0.1) is 6.04 Å². The van der Waals surface area contributed by atoms with Crippen LogP contribution in [0.3, 0.4) is 0 Å². The second kappa shape index (κ2) is 4.05. The maximum Gasteiger partial charge on any atom is 0.262 e. The lowest BCUT2D eigenvalue weighted by Gasteiger charge is -2.22. The zero-order valence-corrected chi connectivity index (χ0v) is 10.4. The summed E-state index contributed by atoms with van der Waals surface area (Å²) in [6.45, 7) is 0.709. The fraction of sp³-hybridized carbons (Fsp3) is 0.267. The van der Waals surface area contributed by atoms with Crippen LogP contribution < -0.4 is 0 Å². The van der Waals surface area contributed by atoms with Gasteiger partial charge in [0.1, 0.15) is 0 Å². The van der Waals surface area contributed by atoms with E-state index in [2.05, 4.69) is 12.1 Å². The summed E-state index contributed by atoms with van der Waals surface area (Å²) in [5.74, 6) is 0.0480. The molecular weight excluding hydrogens is 240 g/mol. The van der Waals surface area contributed by atoms with E-state index in [-0.39, 0.29) is 18.1 Å². The molecular formula is C15H14N2O2. The van der Waals surface area contributed by atoms with E-state index in [1.165, 1.54) is 5.56 Å². The molecule has 1 aromatic carbocycles. The number of benzene rings is 1. The van der Waals surface area contributed by atoms with Crippen LogP contribution in [0.2, 0.25) is 0 Å². The van der Waals surface area contributed by atoms with Gasteiger partial charge in [0.15, 0.2) is 6.10 Å². The minimum atomic E-state index is -0.325. The number of aromatic nitrogens is 1. The average molecular weight is 254 g/mol. The molecule has 4 rings (SSSR count). The summed E-state index contributed by atoms with van der Waals surface area (Å²) >= 11 is 0. The quantitative estimate of drug-likeness (QED) is 0.825. The van der Waals surface area contributed by atoms with Crippen molar-refractivity contribution in [1.82, 2.24) is 9.63 Å². The third kappa shape index (κ3) is 1.64. The first-order valence-corrected chi connectivity index (χ1v) is 6.52. The van der Waals surface area contributed by atoms with E-state index in [0.717, 1.165) is 12.1 Å². The summed E-state index contributed by atoms with van der Waals surface area (Å²) in [6.07, 6.45) is 2.26.